The summed E-state index contributed by atoms with van der Waals surface area (Å²) in [5.74, 6) is -0.307. The molecule has 0 amide bonds. The molecule has 0 aliphatic rings. The molecule has 1 atom stereocenters. The van der Waals surface area contributed by atoms with Crippen molar-refractivity contribution in [1.82, 2.24) is 0 Å². The third-order valence-corrected chi connectivity index (χ3v) is 5.37. The Labute approximate surface area is 192 Å². The van der Waals surface area contributed by atoms with Crippen LogP contribution in [0.2, 0.25) is 0 Å². The molecule has 170 valence electrons. The second-order valence-corrected chi connectivity index (χ2v) is 7.60. The van der Waals surface area contributed by atoms with Crippen molar-refractivity contribution in [3.8, 4) is 11.5 Å². The van der Waals surface area contributed by atoms with Crippen LogP contribution in [0.4, 0.5) is 17.1 Å². The second kappa shape index (κ2) is 10.1. The Balaban J connectivity index is 2.04. The van der Waals surface area contributed by atoms with Gasteiger partial charge >= 0.3 is 5.97 Å². The summed E-state index contributed by atoms with van der Waals surface area (Å²) in [7, 11) is 1.18. The SMILES string of the molecule is C=Cc1cc(Oc2ccc(N(c3ccc(C)cc3)S(=O)[O-])c(C(=O)OC)c2)ccc1[N+](=O)[O-]. The molecule has 0 spiro atoms. The lowest BCUT2D eigenvalue weighted by atomic mass is 10.1. The van der Waals surface area contributed by atoms with Crippen LogP contribution in [-0.4, -0.2) is 26.8 Å². The number of aryl methyl sites for hydroxylation is 1. The lowest BCUT2D eigenvalue weighted by molar-refractivity contribution is -0.385. The van der Waals surface area contributed by atoms with Crippen LogP contribution in [0.3, 0.4) is 0 Å². The lowest BCUT2D eigenvalue weighted by Gasteiger charge is -2.28. The van der Waals surface area contributed by atoms with Crippen molar-refractivity contribution in [2.75, 3.05) is 11.4 Å². The Morgan fingerprint density at radius 3 is 2.30 bits per heavy atom. The third-order valence-electron chi connectivity index (χ3n) is 4.66. The summed E-state index contributed by atoms with van der Waals surface area (Å²) >= 11 is -2.74. The molecule has 0 saturated carbocycles. The number of hydrogen-bond donors (Lipinski definition) is 0. The van der Waals surface area contributed by atoms with E-state index >= 15 is 0 Å². The number of carbonyl (C=O) groups is 1. The highest BCUT2D eigenvalue weighted by atomic mass is 32.2. The van der Waals surface area contributed by atoms with Gasteiger partial charge in [-0.2, -0.15) is 0 Å². The topological polar surface area (TPSA) is 122 Å². The van der Waals surface area contributed by atoms with Crippen molar-refractivity contribution in [2.45, 2.75) is 6.92 Å². The Bertz CT molecular complexity index is 1240. The molecular weight excluding hydrogens is 448 g/mol. The van der Waals surface area contributed by atoms with E-state index in [2.05, 4.69) is 6.58 Å². The molecule has 0 aromatic heterocycles. The number of nitro groups is 1. The van der Waals surface area contributed by atoms with Gasteiger partial charge < -0.3 is 14.0 Å². The molecule has 3 rings (SSSR count). The van der Waals surface area contributed by atoms with Crippen molar-refractivity contribution < 1.29 is 28.0 Å². The number of carbonyl (C=O) groups excluding carboxylic acids is 1. The normalized spacial score (nSPS) is 11.4. The molecule has 0 aliphatic carbocycles. The molecular formula is C23H19N2O7S-. The van der Waals surface area contributed by atoms with E-state index < -0.39 is 22.2 Å². The molecule has 3 aromatic carbocycles. The molecule has 0 bridgehead atoms. The van der Waals surface area contributed by atoms with Gasteiger partial charge in [-0.25, -0.2) is 4.79 Å². The minimum Gasteiger partial charge on any atom is -0.755 e. The van der Waals surface area contributed by atoms with E-state index in [1.807, 2.05) is 6.92 Å². The van der Waals surface area contributed by atoms with Crippen LogP contribution in [-0.2, 0) is 16.0 Å². The number of rotatable bonds is 8. The Morgan fingerprint density at radius 1 is 1.09 bits per heavy atom. The molecule has 0 N–H and O–H groups in total. The first-order valence-electron chi connectivity index (χ1n) is 9.52. The minimum atomic E-state index is -2.74. The van der Waals surface area contributed by atoms with E-state index in [1.165, 1.54) is 49.6 Å². The average molecular weight is 467 g/mol. The summed E-state index contributed by atoms with van der Waals surface area (Å²) in [5, 5.41) is 11.1. The molecule has 0 fully saturated rings. The fraction of sp³-hybridized carbons (Fsp3) is 0.0870. The fourth-order valence-corrected chi connectivity index (χ4v) is 3.69. The summed E-state index contributed by atoms with van der Waals surface area (Å²) in [5.41, 5.74) is 1.42. The maximum absolute atomic E-state index is 12.5. The summed E-state index contributed by atoms with van der Waals surface area (Å²) in [4.78, 5) is 23.0. The van der Waals surface area contributed by atoms with Crippen LogP contribution in [0.1, 0.15) is 21.5 Å². The predicted molar refractivity (Wildman–Crippen MR) is 123 cm³/mol. The number of ether oxygens (including phenoxy) is 2. The predicted octanol–water partition coefficient (Wildman–Crippen LogP) is 5.06. The van der Waals surface area contributed by atoms with Gasteiger partial charge in [-0.15, -0.1) is 0 Å². The van der Waals surface area contributed by atoms with Gasteiger partial charge in [0.1, 0.15) is 11.5 Å². The number of hydrogen-bond acceptors (Lipinski definition) is 7. The van der Waals surface area contributed by atoms with Crippen molar-refractivity contribution >= 4 is 40.4 Å². The van der Waals surface area contributed by atoms with Crippen molar-refractivity contribution in [3.63, 3.8) is 0 Å². The highest BCUT2D eigenvalue weighted by Crippen LogP contribution is 2.35. The van der Waals surface area contributed by atoms with E-state index in [1.54, 1.807) is 24.3 Å². The molecule has 10 heteroatoms. The third kappa shape index (κ3) is 5.25. The van der Waals surface area contributed by atoms with E-state index in [0.717, 1.165) is 9.87 Å². The molecule has 0 radical (unpaired) electrons. The van der Waals surface area contributed by atoms with E-state index in [9.17, 15) is 23.7 Å². The van der Waals surface area contributed by atoms with Crippen LogP contribution >= 0.6 is 0 Å². The molecule has 33 heavy (non-hydrogen) atoms. The van der Waals surface area contributed by atoms with Gasteiger partial charge in [-0.1, -0.05) is 30.4 Å². The highest BCUT2D eigenvalue weighted by Gasteiger charge is 2.21. The highest BCUT2D eigenvalue weighted by molar-refractivity contribution is 7.81. The first-order valence-corrected chi connectivity index (χ1v) is 10.6. The molecule has 0 aliphatic heterocycles. The number of benzene rings is 3. The van der Waals surface area contributed by atoms with Gasteiger partial charge in [-0.3, -0.25) is 18.6 Å². The minimum absolute atomic E-state index is 0.0503. The van der Waals surface area contributed by atoms with Gasteiger partial charge in [0.15, 0.2) is 0 Å². The van der Waals surface area contributed by atoms with E-state index in [4.69, 9.17) is 9.47 Å². The number of anilines is 2. The zero-order chi connectivity index (χ0) is 24.1. The summed E-state index contributed by atoms with van der Waals surface area (Å²) in [6.45, 7) is 5.43. The number of nitro benzene ring substituents is 1. The number of nitrogens with zero attached hydrogens (tertiary/aromatic N) is 2. The largest absolute Gasteiger partial charge is 0.755 e. The number of methoxy groups -OCH3 is 1. The zero-order valence-electron chi connectivity index (χ0n) is 17.7. The van der Waals surface area contributed by atoms with E-state index in [-0.39, 0.29) is 34.0 Å². The smallest absolute Gasteiger partial charge is 0.340 e. The molecule has 1 unspecified atom stereocenters. The van der Waals surface area contributed by atoms with Crippen LogP contribution in [0, 0.1) is 17.0 Å². The Morgan fingerprint density at radius 2 is 1.73 bits per heavy atom. The molecule has 9 nitrogen and oxygen atoms in total. The maximum atomic E-state index is 12.5. The van der Waals surface area contributed by atoms with Gasteiger partial charge in [-0.05, 0) is 49.4 Å². The monoisotopic (exact) mass is 467 g/mol. The first-order chi connectivity index (χ1) is 15.7. The molecule has 3 aromatic rings. The summed E-state index contributed by atoms with van der Waals surface area (Å²) in [6.07, 6.45) is 1.33. The molecule has 0 heterocycles. The van der Waals surface area contributed by atoms with Crippen molar-refractivity contribution in [2.24, 2.45) is 0 Å². The van der Waals surface area contributed by atoms with Gasteiger partial charge in [0.2, 0.25) is 0 Å². The van der Waals surface area contributed by atoms with Gasteiger partial charge in [0.05, 0.1) is 45.8 Å². The lowest BCUT2D eigenvalue weighted by Crippen LogP contribution is -2.22. The van der Waals surface area contributed by atoms with Crippen LogP contribution < -0.4 is 9.04 Å². The van der Waals surface area contributed by atoms with Crippen LogP contribution in [0.25, 0.3) is 6.08 Å². The molecule has 0 saturated heterocycles. The summed E-state index contributed by atoms with van der Waals surface area (Å²) < 4.78 is 35.7. The first kappa shape index (κ1) is 23.6. The fourth-order valence-electron chi connectivity index (χ4n) is 3.08. The van der Waals surface area contributed by atoms with Crippen molar-refractivity contribution in [3.05, 3.63) is 94.0 Å². The van der Waals surface area contributed by atoms with Crippen molar-refractivity contribution in [1.29, 1.82) is 0 Å². The average Bonchev–Trinajstić information content (AvgIpc) is 2.80. The standard InChI is InChI=1S/C23H20N2O7S/c1-4-16-13-18(9-11-21(16)25(27)28)32-19-10-12-22(20(14-19)23(26)31-3)24(33(29)30)17-7-5-15(2)6-8-17/h4-14H,1H2,2-3H3,(H,29,30)/p-1. The quantitative estimate of drug-likeness (QED) is 0.196. The Kier molecular flexibility index (Phi) is 7.21. The second-order valence-electron chi connectivity index (χ2n) is 6.80. The van der Waals surface area contributed by atoms with E-state index in [0.29, 0.717) is 5.69 Å². The number of esters is 1. The van der Waals surface area contributed by atoms with Crippen LogP contribution in [0.15, 0.2) is 67.2 Å². The maximum Gasteiger partial charge on any atom is 0.340 e. The van der Waals surface area contributed by atoms with Gasteiger partial charge in [0, 0.05) is 6.07 Å². The van der Waals surface area contributed by atoms with Gasteiger partial charge in [0.25, 0.3) is 5.69 Å². The van der Waals surface area contributed by atoms with Crippen LogP contribution in [0.5, 0.6) is 11.5 Å². The zero-order valence-corrected chi connectivity index (χ0v) is 18.5. The summed E-state index contributed by atoms with van der Waals surface area (Å²) in [6, 6.07) is 15.1. The Hall–Kier alpha value is -4.02.